The van der Waals surface area contributed by atoms with Gasteiger partial charge < -0.3 is 14.5 Å². The summed E-state index contributed by atoms with van der Waals surface area (Å²) >= 11 is 0. The Morgan fingerprint density at radius 3 is 2.56 bits per heavy atom. The fourth-order valence-electron chi connectivity index (χ4n) is 2.88. The monoisotopic (exact) mass is 361 g/mol. The van der Waals surface area contributed by atoms with Gasteiger partial charge in [-0.05, 0) is 69.2 Å². The maximum Gasteiger partial charge on any atom is 0.149 e. The summed E-state index contributed by atoms with van der Waals surface area (Å²) < 4.78 is 11.3. The van der Waals surface area contributed by atoms with E-state index >= 15 is 0 Å². The average Bonchev–Trinajstić information content (AvgIpc) is 3.04. The van der Waals surface area contributed by atoms with Crippen molar-refractivity contribution in [2.45, 2.75) is 27.7 Å². The summed E-state index contributed by atoms with van der Waals surface area (Å²) in [6.45, 7) is 9.09. The number of ether oxygens (including phenoxy) is 2. The number of aromatic nitrogens is 2. The van der Waals surface area contributed by atoms with Gasteiger partial charge in [-0.25, -0.2) is 4.98 Å². The largest absolute Gasteiger partial charge is 0.494 e. The molecule has 27 heavy (non-hydrogen) atoms. The summed E-state index contributed by atoms with van der Waals surface area (Å²) in [7, 11) is 0. The van der Waals surface area contributed by atoms with E-state index in [4.69, 9.17) is 9.47 Å². The standard InChI is InChI=1S/C22H23N3O2/c1-5-26-18-8-7-16(21(12-18)27-6-2)11-17(13-23)22-24-19-9-14(3)15(4)10-20(19)25-22/h7-12H,5-6H2,1-4H3,(H,24,25)/b17-11-. The molecule has 2 aromatic carbocycles. The molecule has 1 heterocycles. The minimum absolute atomic E-state index is 0.451. The third-order valence-corrected chi connectivity index (χ3v) is 4.37. The van der Waals surface area contributed by atoms with Gasteiger partial charge in [-0.15, -0.1) is 0 Å². The number of nitrogens with zero attached hydrogens (tertiary/aromatic N) is 2. The number of allylic oxidation sites excluding steroid dienone is 1. The zero-order valence-corrected chi connectivity index (χ0v) is 16.1. The Labute approximate surface area is 159 Å². The number of hydrogen-bond acceptors (Lipinski definition) is 4. The van der Waals surface area contributed by atoms with E-state index in [9.17, 15) is 5.26 Å². The topological polar surface area (TPSA) is 70.9 Å². The number of rotatable bonds is 6. The van der Waals surface area contributed by atoms with Crippen LogP contribution in [0.3, 0.4) is 0 Å². The van der Waals surface area contributed by atoms with E-state index in [0.29, 0.717) is 30.4 Å². The highest BCUT2D eigenvalue weighted by molar-refractivity contribution is 5.91. The number of aryl methyl sites for hydroxylation is 2. The summed E-state index contributed by atoms with van der Waals surface area (Å²) in [5.74, 6) is 1.97. The molecule has 138 valence electrons. The maximum atomic E-state index is 9.69. The Bertz CT molecular complexity index is 1000. The zero-order chi connectivity index (χ0) is 19.4. The van der Waals surface area contributed by atoms with Gasteiger partial charge in [-0.1, -0.05) is 0 Å². The van der Waals surface area contributed by atoms with Gasteiger partial charge in [0.25, 0.3) is 0 Å². The van der Waals surface area contributed by atoms with Crippen LogP contribution in [0, 0.1) is 25.2 Å². The van der Waals surface area contributed by atoms with Crippen LogP contribution in [-0.2, 0) is 0 Å². The van der Waals surface area contributed by atoms with Crippen molar-refractivity contribution in [1.29, 1.82) is 5.26 Å². The van der Waals surface area contributed by atoms with Crippen LogP contribution in [0.15, 0.2) is 30.3 Å². The van der Waals surface area contributed by atoms with Gasteiger partial charge in [0.1, 0.15) is 23.4 Å². The van der Waals surface area contributed by atoms with Gasteiger partial charge in [0.15, 0.2) is 0 Å². The van der Waals surface area contributed by atoms with E-state index in [1.807, 2.05) is 38.1 Å². The second-order valence-electron chi connectivity index (χ2n) is 6.27. The summed E-state index contributed by atoms with van der Waals surface area (Å²) in [5.41, 5.74) is 5.40. The number of benzene rings is 2. The van der Waals surface area contributed by atoms with E-state index in [2.05, 4.69) is 36.0 Å². The summed E-state index contributed by atoms with van der Waals surface area (Å²) in [6, 6.07) is 11.9. The molecule has 0 amide bonds. The molecule has 1 N–H and O–H groups in total. The molecule has 1 aromatic heterocycles. The molecule has 0 radical (unpaired) electrons. The van der Waals surface area contributed by atoms with Gasteiger partial charge >= 0.3 is 0 Å². The molecule has 0 saturated heterocycles. The summed E-state index contributed by atoms with van der Waals surface area (Å²) in [5, 5.41) is 9.69. The lowest BCUT2D eigenvalue weighted by atomic mass is 10.1. The number of H-pyrrole nitrogens is 1. The highest BCUT2D eigenvalue weighted by Crippen LogP contribution is 2.29. The van der Waals surface area contributed by atoms with Crippen LogP contribution in [0.5, 0.6) is 11.5 Å². The minimum Gasteiger partial charge on any atom is -0.494 e. The molecular formula is C22H23N3O2. The third-order valence-electron chi connectivity index (χ3n) is 4.37. The van der Waals surface area contributed by atoms with Crippen LogP contribution >= 0.6 is 0 Å². The molecule has 0 aliphatic heterocycles. The van der Waals surface area contributed by atoms with Crippen LogP contribution in [0.1, 0.15) is 36.4 Å². The molecule has 0 saturated carbocycles. The Balaban J connectivity index is 2.05. The third kappa shape index (κ3) is 3.95. The second-order valence-corrected chi connectivity index (χ2v) is 6.27. The molecule has 0 unspecified atom stereocenters. The second kappa shape index (κ2) is 7.96. The van der Waals surface area contributed by atoms with Crippen molar-refractivity contribution in [3.05, 3.63) is 52.8 Å². The van der Waals surface area contributed by atoms with Gasteiger partial charge in [0.05, 0.1) is 29.8 Å². The van der Waals surface area contributed by atoms with Crippen molar-refractivity contribution in [2.75, 3.05) is 13.2 Å². The molecule has 0 fully saturated rings. The fourth-order valence-corrected chi connectivity index (χ4v) is 2.88. The maximum absolute atomic E-state index is 9.69. The van der Waals surface area contributed by atoms with Crippen LogP contribution in [0.25, 0.3) is 22.7 Å². The number of aromatic amines is 1. The van der Waals surface area contributed by atoms with Crippen molar-refractivity contribution in [2.24, 2.45) is 0 Å². The van der Waals surface area contributed by atoms with Crippen molar-refractivity contribution in [3.63, 3.8) is 0 Å². The molecule has 5 nitrogen and oxygen atoms in total. The van der Waals surface area contributed by atoms with E-state index in [1.54, 1.807) is 6.08 Å². The van der Waals surface area contributed by atoms with Gasteiger partial charge in [-0.2, -0.15) is 5.26 Å². The van der Waals surface area contributed by atoms with Crippen molar-refractivity contribution in [3.8, 4) is 17.6 Å². The summed E-state index contributed by atoms with van der Waals surface area (Å²) in [4.78, 5) is 7.84. The number of nitrogens with one attached hydrogen (secondary N) is 1. The summed E-state index contributed by atoms with van der Waals surface area (Å²) in [6.07, 6.45) is 1.79. The van der Waals surface area contributed by atoms with Crippen LogP contribution in [-0.4, -0.2) is 23.2 Å². The first-order valence-corrected chi connectivity index (χ1v) is 9.04. The number of nitriles is 1. The number of imidazole rings is 1. The molecule has 0 aliphatic carbocycles. The predicted octanol–water partition coefficient (Wildman–Crippen LogP) is 5.04. The van der Waals surface area contributed by atoms with Crippen LogP contribution in [0.2, 0.25) is 0 Å². The minimum atomic E-state index is 0.451. The average molecular weight is 361 g/mol. The highest BCUT2D eigenvalue weighted by Gasteiger charge is 2.11. The van der Waals surface area contributed by atoms with Gasteiger partial charge in [0.2, 0.25) is 0 Å². The van der Waals surface area contributed by atoms with Crippen LogP contribution in [0.4, 0.5) is 0 Å². The lowest BCUT2D eigenvalue weighted by Crippen LogP contribution is -1.97. The zero-order valence-electron chi connectivity index (χ0n) is 16.1. The first-order chi connectivity index (χ1) is 13.0. The van der Waals surface area contributed by atoms with Crippen molar-refractivity contribution >= 4 is 22.7 Å². The van der Waals surface area contributed by atoms with Crippen molar-refractivity contribution < 1.29 is 9.47 Å². The molecule has 3 rings (SSSR count). The molecule has 0 atom stereocenters. The molecule has 5 heteroatoms. The van der Waals surface area contributed by atoms with E-state index in [1.165, 1.54) is 11.1 Å². The quantitative estimate of drug-likeness (QED) is 0.624. The Kier molecular flexibility index (Phi) is 5.46. The highest BCUT2D eigenvalue weighted by atomic mass is 16.5. The smallest absolute Gasteiger partial charge is 0.149 e. The lowest BCUT2D eigenvalue weighted by Gasteiger charge is -2.10. The number of fused-ring (bicyclic) bond motifs is 1. The normalized spacial score (nSPS) is 11.4. The Hall–Kier alpha value is -3.26. The van der Waals surface area contributed by atoms with E-state index in [0.717, 1.165) is 22.3 Å². The SMILES string of the molecule is CCOc1ccc(/C=C(/C#N)c2nc3cc(C)c(C)cc3[nH]2)c(OCC)c1. The first kappa shape index (κ1) is 18.5. The van der Waals surface area contributed by atoms with Crippen molar-refractivity contribution in [1.82, 2.24) is 9.97 Å². The Morgan fingerprint density at radius 1 is 1.11 bits per heavy atom. The first-order valence-electron chi connectivity index (χ1n) is 9.04. The van der Waals surface area contributed by atoms with Gasteiger partial charge in [-0.3, -0.25) is 0 Å². The van der Waals surface area contributed by atoms with Gasteiger partial charge in [0, 0.05) is 11.6 Å². The molecule has 0 bridgehead atoms. The molecule has 3 aromatic rings. The van der Waals surface area contributed by atoms with E-state index in [-0.39, 0.29) is 0 Å². The van der Waals surface area contributed by atoms with Crippen LogP contribution < -0.4 is 9.47 Å². The van der Waals surface area contributed by atoms with E-state index < -0.39 is 0 Å². The molecular weight excluding hydrogens is 338 g/mol. The fraction of sp³-hybridized carbons (Fsp3) is 0.273. The molecule has 0 spiro atoms. The lowest BCUT2D eigenvalue weighted by molar-refractivity contribution is 0.322. The number of hydrogen-bond donors (Lipinski definition) is 1. The Morgan fingerprint density at radius 2 is 1.85 bits per heavy atom. The predicted molar refractivity (Wildman–Crippen MR) is 108 cm³/mol. The molecule has 0 aliphatic rings.